The van der Waals surface area contributed by atoms with E-state index in [0.717, 1.165) is 30.2 Å². The van der Waals surface area contributed by atoms with Gasteiger partial charge in [-0.05, 0) is 55.7 Å². The third-order valence-electron chi connectivity index (χ3n) is 6.19. The first kappa shape index (κ1) is 20.4. The predicted molar refractivity (Wildman–Crippen MR) is 109 cm³/mol. The Hall–Kier alpha value is -2.87. The van der Waals surface area contributed by atoms with Crippen LogP contribution in [0, 0.1) is 18.8 Å². The smallest absolute Gasteiger partial charge is 0.336 e. The molecule has 0 radical (unpaired) electrons. The fourth-order valence-electron chi connectivity index (χ4n) is 4.68. The monoisotopic (exact) mass is 414 g/mol. The van der Waals surface area contributed by atoms with E-state index in [1.165, 1.54) is 12.5 Å². The maximum absolute atomic E-state index is 12.5. The lowest BCUT2D eigenvalue weighted by atomic mass is 9.95. The first-order valence-electron chi connectivity index (χ1n) is 10.3. The first-order chi connectivity index (χ1) is 14.4. The summed E-state index contributed by atoms with van der Waals surface area (Å²) in [5.74, 6) is 0.660. The van der Waals surface area contributed by atoms with E-state index in [9.17, 15) is 19.5 Å². The normalized spacial score (nSPS) is 23.3. The molecule has 1 aromatic carbocycles. The van der Waals surface area contributed by atoms with E-state index in [-0.39, 0.29) is 18.6 Å². The van der Waals surface area contributed by atoms with Gasteiger partial charge in [0.2, 0.25) is 5.91 Å². The number of hydrogen-bond donors (Lipinski definition) is 3. The lowest BCUT2D eigenvalue weighted by Gasteiger charge is -2.25. The van der Waals surface area contributed by atoms with Crippen LogP contribution >= 0.6 is 0 Å². The van der Waals surface area contributed by atoms with Crippen LogP contribution in [0.4, 0.5) is 0 Å². The third-order valence-corrected chi connectivity index (χ3v) is 6.19. The van der Waals surface area contributed by atoms with Crippen LogP contribution < -0.4 is 21.0 Å². The highest BCUT2D eigenvalue weighted by Gasteiger charge is 2.40. The summed E-state index contributed by atoms with van der Waals surface area (Å²) < 4.78 is 10.6. The van der Waals surface area contributed by atoms with E-state index in [1.807, 2.05) is 6.92 Å². The number of carbonyl (C=O) groups is 2. The highest BCUT2D eigenvalue weighted by atomic mass is 16.5. The molecule has 0 saturated heterocycles. The number of rotatable bonds is 7. The van der Waals surface area contributed by atoms with Gasteiger partial charge in [-0.25, -0.2) is 4.79 Å². The SMILES string of the molecule is Cc1cc(=O)oc2cc(OCC(=O)NC(CO)C(=O)NC3CC4CCC3C4)ccc12. The van der Waals surface area contributed by atoms with Crippen molar-refractivity contribution in [2.24, 2.45) is 11.8 Å². The van der Waals surface area contributed by atoms with Crippen LogP contribution in [0.15, 0.2) is 33.5 Å². The molecule has 8 nitrogen and oxygen atoms in total. The van der Waals surface area contributed by atoms with E-state index < -0.39 is 24.2 Å². The maximum atomic E-state index is 12.5. The highest BCUT2D eigenvalue weighted by Crippen LogP contribution is 2.44. The summed E-state index contributed by atoms with van der Waals surface area (Å²) in [5.41, 5.74) is 0.705. The average Bonchev–Trinajstić information content (AvgIpc) is 3.33. The van der Waals surface area contributed by atoms with Crippen molar-refractivity contribution < 1.29 is 23.8 Å². The summed E-state index contributed by atoms with van der Waals surface area (Å²) in [6.45, 7) is 0.988. The van der Waals surface area contributed by atoms with Crippen molar-refractivity contribution in [1.29, 1.82) is 0 Å². The van der Waals surface area contributed by atoms with E-state index in [0.29, 0.717) is 23.2 Å². The molecule has 2 amide bonds. The molecule has 4 rings (SSSR count). The Balaban J connectivity index is 1.31. The lowest BCUT2D eigenvalue weighted by Crippen LogP contribution is -2.53. The Bertz CT molecular complexity index is 1020. The Morgan fingerprint density at radius 3 is 2.80 bits per heavy atom. The number of aryl methyl sites for hydroxylation is 1. The van der Waals surface area contributed by atoms with Gasteiger partial charge in [0, 0.05) is 23.6 Å². The van der Waals surface area contributed by atoms with Crippen LogP contribution in [-0.4, -0.2) is 42.2 Å². The zero-order valence-corrected chi connectivity index (χ0v) is 16.8. The molecule has 2 aliphatic rings. The molecule has 4 unspecified atom stereocenters. The fourth-order valence-corrected chi connectivity index (χ4v) is 4.68. The van der Waals surface area contributed by atoms with Crippen LogP contribution in [0.1, 0.15) is 31.2 Å². The third kappa shape index (κ3) is 4.33. The van der Waals surface area contributed by atoms with Crippen molar-refractivity contribution in [3.8, 4) is 5.75 Å². The van der Waals surface area contributed by atoms with Gasteiger partial charge in [-0.3, -0.25) is 9.59 Å². The summed E-state index contributed by atoms with van der Waals surface area (Å²) in [6.07, 6.45) is 4.49. The minimum Gasteiger partial charge on any atom is -0.484 e. The summed E-state index contributed by atoms with van der Waals surface area (Å²) in [7, 11) is 0. The van der Waals surface area contributed by atoms with Crippen LogP contribution in [0.2, 0.25) is 0 Å². The molecule has 8 heteroatoms. The summed E-state index contributed by atoms with van der Waals surface area (Å²) >= 11 is 0. The Kier molecular flexibility index (Phi) is 5.76. The Morgan fingerprint density at radius 1 is 1.27 bits per heavy atom. The van der Waals surface area contributed by atoms with Gasteiger partial charge in [-0.1, -0.05) is 6.42 Å². The summed E-state index contributed by atoms with van der Waals surface area (Å²) in [6, 6.07) is 5.50. The Labute approximate surface area is 173 Å². The zero-order valence-electron chi connectivity index (χ0n) is 16.8. The number of aliphatic hydroxyl groups excluding tert-OH is 1. The number of benzene rings is 1. The molecule has 2 aromatic rings. The molecule has 2 saturated carbocycles. The van der Waals surface area contributed by atoms with E-state index in [4.69, 9.17) is 9.15 Å². The van der Waals surface area contributed by atoms with Gasteiger partial charge < -0.3 is 24.9 Å². The van der Waals surface area contributed by atoms with Crippen molar-refractivity contribution in [3.63, 3.8) is 0 Å². The lowest BCUT2D eigenvalue weighted by molar-refractivity contribution is -0.131. The molecule has 2 fully saturated rings. The van der Waals surface area contributed by atoms with Crippen molar-refractivity contribution in [2.45, 2.75) is 44.7 Å². The minimum atomic E-state index is -1.02. The van der Waals surface area contributed by atoms with E-state index >= 15 is 0 Å². The van der Waals surface area contributed by atoms with Crippen LogP contribution in [0.3, 0.4) is 0 Å². The molecule has 1 heterocycles. The molecular weight excluding hydrogens is 388 g/mol. The van der Waals surface area contributed by atoms with Gasteiger partial charge >= 0.3 is 5.63 Å². The van der Waals surface area contributed by atoms with E-state index in [1.54, 1.807) is 18.2 Å². The quantitative estimate of drug-likeness (QED) is 0.587. The second-order valence-corrected chi connectivity index (χ2v) is 8.29. The van der Waals surface area contributed by atoms with Crippen molar-refractivity contribution in [1.82, 2.24) is 10.6 Å². The topological polar surface area (TPSA) is 118 Å². The molecule has 4 atom stereocenters. The zero-order chi connectivity index (χ0) is 21.3. The maximum Gasteiger partial charge on any atom is 0.336 e. The average molecular weight is 414 g/mol. The number of nitrogens with one attached hydrogen (secondary N) is 2. The van der Waals surface area contributed by atoms with Gasteiger partial charge in [-0.15, -0.1) is 0 Å². The number of carbonyl (C=O) groups excluding carboxylic acids is 2. The largest absolute Gasteiger partial charge is 0.484 e. The first-order valence-corrected chi connectivity index (χ1v) is 10.3. The van der Waals surface area contributed by atoms with Crippen LogP contribution in [0.25, 0.3) is 11.0 Å². The van der Waals surface area contributed by atoms with Crippen molar-refractivity contribution >= 4 is 22.8 Å². The Morgan fingerprint density at radius 2 is 2.10 bits per heavy atom. The molecule has 2 bridgehead atoms. The molecule has 3 N–H and O–H groups in total. The van der Waals surface area contributed by atoms with Gasteiger partial charge in [0.1, 0.15) is 17.4 Å². The molecule has 2 aliphatic carbocycles. The standard InChI is InChI=1S/C22H26N2O6/c1-12-6-21(27)30-19-9-15(4-5-16(12)19)29-11-20(26)23-18(10-25)22(28)24-17-8-13-2-3-14(17)7-13/h4-6,9,13-14,17-18,25H,2-3,7-8,10-11H2,1H3,(H,23,26)(H,24,28). The van der Waals surface area contributed by atoms with Gasteiger partial charge in [-0.2, -0.15) is 0 Å². The number of hydrogen-bond acceptors (Lipinski definition) is 6. The second kappa shape index (κ2) is 8.47. The summed E-state index contributed by atoms with van der Waals surface area (Å²) in [5, 5.41) is 15.8. The molecule has 1 aromatic heterocycles. The number of aliphatic hydroxyl groups is 1. The van der Waals surface area contributed by atoms with Crippen molar-refractivity contribution in [2.75, 3.05) is 13.2 Å². The number of amides is 2. The molecule has 0 spiro atoms. The van der Waals surface area contributed by atoms with Crippen LogP contribution in [0.5, 0.6) is 5.75 Å². The number of fused-ring (bicyclic) bond motifs is 3. The predicted octanol–water partition coefficient (Wildman–Crippen LogP) is 1.26. The summed E-state index contributed by atoms with van der Waals surface area (Å²) in [4.78, 5) is 36.2. The van der Waals surface area contributed by atoms with Crippen molar-refractivity contribution in [3.05, 3.63) is 40.2 Å². The van der Waals surface area contributed by atoms with Gasteiger partial charge in [0.15, 0.2) is 6.61 Å². The van der Waals surface area contributed by atoms with Gasteiger partial charge in [0.05, 0.1) is 6.61 Å². The molecule has 0 aliphatic heterocycles. The minimum absolute atomic E-state index is 0.133. The fraction of sp³-hybridized carbons (Fsp3) is 0.500. The van der Waals surface area contributed by atoms with Crippen LogP contribution in [-0.2, 0) is 9.59 Å². The van der Waals surface area contributed by atoms with E-state index in [2.05, 4.69) is 10.6 Å². The number of ether oxygens (including phenoxy) is 1. The molecule has 160 valence electrons. The highest BCUT2D eigenvalue weighted by molar-refractivity contribution is 5.88. The second-order valence-electron chi connectivity index (χ2n) is 8.29. The van der Waals surface area contributed by atoms with Gasteiger partial charge in [0.25, 0.3) is 5.91 Å². The molecule has 30 heavy (non-hydrogen) atoms. The molecular formula is C22H26N2O6.